The van der Waals surface area contributed by atoms with Gasteiger partial charge in [-0.15, -0.1) is 0 Å². The van der Waals surface area contributed by atoms with E-state index in [9.17, 15) is 4.79 Å². The Hall–Kier alpha value is -2.08. The van der Waals surface area contributed by atoms with Crippen molar-refractivity contribution in [3.05, 3.63) is 58.6 Å². The molecule has 6 heteroatoms. The first kappa shape index (κ1) is 21.6. The van der Waals surface area contributed by atoms with Crippen molar-refractivity contribution in [3.8, 4) is 5.75 Å². The Bertz CT molecular complexity index is 849. The van der Waals surface area contributed by atoms with Crippen LogP contribution in [0.3, 0.4) is 0 Å². The van der Waals surface area contributed by atoms with Gasteiger partial charge >= 0.3 is 0 Å². The van der Waals surface area contributed by atoms with Gasteiger partial charge in [-0.25, -0.2) is 0 Å². The number of carbonyl (C=O) groups excluding carboxylic acids is 1. The largest absolute Gasteiger partial charge is 0.487 e. The summed E-state index contributed by atoms with van der Waals surface area (Å²) in [5, 5.41) is 3.50. The molecule has 1 aliphatic rings. The summed E-state index contributed by atoms with van der Waals surface area (Å²) in [4.78, 5) is 13.4. The molecular formula is C23H28ClNO4. The summed E-state index contributed by atoms with van der Waals surface area (Å²) in [6.07, 6.45) is 1.17. The van der Waals surface area contributed by atoms with Crippen LogP contribution in [0.4, 0.5) is 5.69 Å². The van der Waals surface area contributed by atoms with Gasteiger partial charge < -0.3 is 19.5 Å². The number of ether oxygens (including phenoxy) is 3. The molecule has 29 heavy (non-hydrogen) atoms. The lowest BCUT2D eigenvalue weighted by Gasteiger charge is -2.36. The number of hydrogen-bond acceptors (Lipinski definition) is 4. The van der Waals surface area contributed by atoms with E-state index in [0.29, 0.717) is 49.1 Å². The van der Waals surface area contributed by atoms with Crippen LogP contribution < -0.4 is 10.1 Å². The second-order valence-electron chi connectivity index (χ2n) is 7.55. The molecule has 156 valence electrons. The average Bonchev–Trinajstić information content (AvgIpc) is 2.71. The molecule has 1 amide bonds. The van der Waals surface area contributed by atoms with Crippen LogP contribution >= 0.6 is 11.6 Å². The van der Waals surface area contributed by atoms with Crippen molar-refractivity contribution in [2.45, 2.75) is 38.2 Å². The highest BCUT2D eigenvalue weighted by Gasteiger charge is 2.41. The lowest BCUT2D eigenvalue weighted by molar-refractivity contribution is -0.125. The average molecular weight is 418 g/mol. The number of benzene rings is 2. The van der Waals surface area contributed by atoms with E-state index in [2.05, 4.69) is 11.4 Å². The maximum atomic E-state index is 13.4. The van der Waals surface area contributed by atoms with Crippen LogP contribution in [0.25, 0.3) is 0 Å². The molecule has 0 spiro atoms. The number of hydrogen-bond donors (Lipinski definition) is 1. The molecule has 2 aromatic carbocycles. The van der Waals surface area contributed by atoms with E-state index < -0.39 is 5.41 Å². The Labute approximate surface area is 177 Å². The highest BCUT2D eigenvalue weighted by molar-refractivity contribution is 6.32. The van der Waals surface area contributed by atoms with Crippen LogP contribution in [0.2, 0.25) is 5.02 Å². The molecule has 1 atom stereocenters. The molecule has 1 N–H and O–H groups in total. The van der Waals surface area contributed by atoms with E-state index in [-0.39, 0.29) is 12.0 Å². The maximum Gasteiger partial charge on any atom is 0.235 e. The summed E-state index contributed by atoms with van der Waals surface area (Å²) in [6.45, 7) is 5.54. The third-order valence-corrected chi connectivity index (χ3v) is 5.57. The summed E-state index contributed by atoms with van der Waals surface area (Å²) >= 11 is 6.38. The monoisotopic (exact) mass is 417 g/mol. The predicted octanol–water partition coefficient (Wildman–Crippen LogP) is 4.75. The van der Waals surface area contributed by atoms with Crippen LogP contribution in [0.5, 0.6) is 5.75 Å². The normalized spacial score (nSPS) is 16.8. The molecule has 1 saturated heterocycles. The Balaban J connectivity index is 1.80. The van der Waals surface area contributed by atoms with Crippen molar-refractivity contribution in [2.24, 2.45) is 0 Å². The highest BCUT2D eigenvalue weighted by Crippen LogP contribution is 2.37. The summed E-state index contributed by atoms with van der Waals surface area (Å²) in [5.41, 5.74) is 2.19. The van der Waals surface area contributed by atoms with Gasteiger partial charge in [0.2, 0.25) is 5.91 Å². The Morgan fingerprint density at radius 3 is 2.66 bits per heavy atom. The zero-order valence-electron chi connectivity index (χ0n) is 17.2. The van der Waals surface area contributed by atoms with Crippen molar-refractivity contribution >= 4 is 23.2 Å². The molecule has 1 fully saturated rings. The van der Waals surface area contributed by atoms with Crippen molar-refractivity contribution in [2.75, 3.05) is 32.2 Å². The lowest BCUT2D eigenvalue weighted by atomic mass is 9.73. The standard InChI is InChI=1S/C23H28ClNO4/c1-16-5-4-6-18(13-16)23(9-11-28-12-10-23)22(26)25-19-7-8-21(20(24)14-19)29-17(2)15-27-3/h4-8,13-14,17H,9-12,15H2,1-3H3,(H,25,26). The number of methoxy groups -OCH3 is 1. The molecule has 0 radical (unpaired) electrons. The molecule has 0 bridgehead atoms. The number of aryl methyl sites for hydroxylation is 1. The van der Waals surface area contributed by atoms with Crippen molar-refractivity contribution in [1.82, 2.24) is 0 Å². The van der Waals surface area contributed by atoms with Crippen LogP contribution in [-0.4, -0.2) is 38.9 Å². The first-order valence-corrected chi connectivity index (χ1v) is 10.2. The molecule has 5 nitrogen and oxygen atoms in total. The fourth-order valence-electron chi connectivity index (χ4n) is 3.72. The number of rotatable bonds is 7. The lowest BCUT2D eigenvalue weighted by Crippen LogP contribution is -2.44. The van der Waals surface area contributed by atoms with Gasteiger partial charge in [0.1, 0.15) is 11.9 Å². The summed E-state index contributed by atoms with van der Waals surface area (Å²) in [7, 11) is 1.63. The molecular weight excluding hydrogens is 390 g/mol. The van der Waals surface area contributed by atoms with Gasteiger partial charge in [0.25, 0.3) is 0 Å². The summed E-state index contributed by atoms with van der Waals surface area (Å²) in [6, 6.07) is 13.5. The van der Waals surface area contributed by atoms with E-state index in [4.69, 9.17) is 25.8 Å². The van der Waals surface area contributed by atoms with E-state index in [0.717, 1.165) is 11.1 Å². The van der Waals surface area contributed by atoms with Crippen molar-refractivity contribution in [3.63, 3.8) is 0 Å². The molecule has 0 aliphatic carbocycles. The van der Waals surface area contributed by atoms with Crippen molar-refractivity contribution < 1.29 is 19.0 Å². The van der Waals surface area contributed by atoms with E-state index in [1.807, 2.05) is 38.1 Å². The second-order valence-corrected chi connectivity index (χ2v) is 7.95. The zero-order valence-corrected chi connectivity index (χ0v) is 17.9. The zero-order chi connectivity index (χ0) is 20.9. The van der Waals surface area contributed by atoms with E-state index in [1.165, 1.54) is 0 Å². The number of amides is 1. The van der Waals surface area contributed by atoms with Crippen LogP contribution in [-0.2, 0) is 19.7 Å². The molecule has 1 heterocycles. The van der Waals surface area contributed by atoms with Crippen LogP contribution in [0.1, 0.15) is 30.9 Å². The predicted molar refractivity (Wildman–Crippen MR) is 115 cm³/mol. The van der Waals surface area contributed by atoms with Crippen molar-refractivity contribution in [1.29, 1.82) is 0 Å². The quantitative estimate of drug-likeness (QED) is 0.706. The van der Waals surface area contributed by atoms with Gasteiger partial charge in [-0.2, -0.15) is 0 Å². The van der Waals surface area contributed by atoms with Crippen LogP contribution in [0.15, 0.2) is 42.5 Å². The third-order valence-electron chi connectivity index (χ3n) is 5.27. The molecule has 0 aromatic heterocycles. The SMILES string of the molecule is COCC(C)Oc1ccc(NC(=O)C2(c3cccc(C)c3)CCOCC2)cc1Cl. The second kappa shape index (κ2) is 9.61. The topological polar surface area (TPSA) is 56.8 Å². The van der Waals surface area contributed by atoms with E-state index >= 15 is 0 Å². The fraction of sp³-hybridized carbons (Fsp3) is 0.435. The highest BCUT2D eigenvalue weighted by atomic mass is 35.5. The maximum absolute atomic E-state index is 13.4. The third kappa shape index (κ3) is 5.10. The Morgan fingerprint density at radius 1 is 1.24 bits per heavy atom. The van der Waals surface area contributed by atoms with Gasteiger partial charge in [0.15, 0.2) is 0 Å². The van der Waals surface area contributed by atoms with Crippen LogP contribution in [0, 0.1) is 6.92 Å². The first-order valence-electron chi connectivity index (χ1n) is 9.86. The van der Waals surface area contributed by atoms with Gasteiger partial charge in [-0.05, 0) is 50.5 Å². The molecule has 1 unspecified atom stereocenters. The molecule has 3 rings (SSSR count). The number of nitrogens with one attached hydrogen (secondary N) is 1. The van der Waals surface area contributed by atoms with Gasteiger partial charge in [-0.1, -0.05) is 41.4 Å². The first-order chi connectivity index (χ1) is 13.9. The summed E-state index contributed by atoms with van der Waals surface area (Å²) < 4.78 is 16.4. The minimum absolute atomic E-state index is 0.0381. The smallest absolute Gasteiger partial charge is 0.235 e. The summed E-state index contributed by atoms with van der Waals surface area (Å²) in [5.74, 6) is 0.526. The molecule has 2 aromatic rings. The fourth-order valence-corrected chi connectivity index (χ4v) is 3.94. The van der Waals surface area contributed by atoms with E-state index in [1.54, 1.807) is 19.2 Å². The molecule has 0 saturated carbocycles. The minimum atomic E-state index is -0.612. The Morgan fingerprint density at radius 2 is 2.00 bits per heavy atom. The van der Waals surface area contributed by atoms with Gasteiger partial charge in [0.05, 0.1) is 17.0 Å². The van der Waals surface area contributed by atoms with Gasteiger partial charge in [0, 0.05) is 26.0 Å². The molecule has 1 aliphatic heterocycles. The number of anilines is 1. The van der Waals surface area contributed by atoms with Gasteiger partial charge in [-0.3, -0.25) is 4.79 Å². The Kier molecular flexibility index (Phi) is 7.17. The number of carbonyl (C=O) groups is 1. The number of halogens is 1. The minimum Gasteiger partial charge on any atom is -0.487 e.